The fraction of sp³-hybridized carbons (Fsp3) is 0.409. The molecule has 9 heteroatoms. The van der Waals surface area contributed by atoms with Crippen LogP contribution in [0, 0.1) is 5.41 Å². The van der Waals surface area contributed by atoms with Gasteiger partial charge in [0.25, 0.3) is 0 Å². The number of anilines is 1. The molecule has 164 valence electrons. The van der Waals surface area contributed by atoms with Crippen molar-refractivity contribution in [2.24, 2.45) is 11.1 Å². The van der Waals surface area contributed by atoms with E-state index >= 15 is 0 Å². The summed E-state index contributed by atoms with van der Waals surface area (Å²) in [6.45, 7) is 1.62. The van der Waals surface area contributed by atoms with Crippen LogP contribution in [0.4, 0.5) is 5.82 Å². The molecule has 1 aliphatic heterocycles. The van der Waals surface area contributed by atoms with Crippen LogP contribution in [0.5, 0.6) is 0 Å². The fourth-order valence-electron chi connectivity index (χ4n) is 4.35. The van der Waals surface area contributed by atoms with Crippen molar-refractivity contribution >= 4 is 34.4 Å². The van der Waals surface area contributed by atoms with Gasteiger partial charge in [0, 0.05) is 24.4 Å². The largest absolute Gasteiger partial charge is 0.396 e. The van der Waals surface area contributed by atoms with Crippen molar-refractivity contribution in [1.29, 1.82) is 0 Å². The molecule has 0 aliphatic carbocycles. The van der Waals surface area contributed by atoms with Gasteiger partial charge in [-0.15, -0.1) is 0 Å². The predicted octanol–water partition coefficient (Wildman–Crippen LogP) is 2.40. The molecular weight excluding hydrogens is 416 g/mol. The van der Waals surface area contributed by atoms with Gasteiger partial charge in [0.1, 0.15) is 17.8 Å². The third-order valence-electron chi connectivity index (χ3n) is 6.15. The lowest BCUT2D eigenvalue weighted by molar-refractivity contribution is -0.129. The van der Waals surface area contributed by atoms with Crippen LogP contribution < -0.4 is 16.0 Å². The van der Waals surface area contributed by atoms with Crippen molar-refractivity contribution < 1.29 is 9.90 Å². The molecule has 2 aromatic heterocycles. The normalized spacial score (nSPS) is 16.9. The average molecular weight is 443 g/mol. The van der Waals surface area contributed by atoms with Gasteiger partial charge in [-0.1, -0.05) is 23.7 Å². The number of halogens is 1. The number of aromatic amines is 1. The molecule has 1 aromatic carbocycles. The number of nitrogens with one attached hydrogen (secondary N) is 2. The van der Waals surface area contributed by atoms with Crippen molar-refractivity contribution in [3.05, 3.63) is 53.4 Å². The molecule has 0 radical (unpaired) electrons. The monoisotopic (exact) mass is 442 g/mol. The van der Waals surface area contributed by atoms with Crippen LogP contribution in [0.2, 0.25) is 5.02 Å². The van der Waals surface area contributed by atoms with Crippen LogP contribution in [0.25, 0.3) is 11.0 Å². The van der Waals surface area contributed by atoms with Gasteiger partial charge in [-0.3, -0.25) is 9.69 Å². The summed E-state index contributed by atoms with van der Waals surface area (Å²) < 4.78 is 0. The van der Waals surface area contributed by atoms with Crippen LogP contribution in [-0.2, 0) is 4.79 Å². The molecule has 3 heterocycles. The molecule has 1 aliphatic rings. The summed E-state index contributed by atoms with van der Waals surface area (Å²) >= 11 is 6.10. The van der Waals surface area contributed by atoms with E-state index in [4.69, 9.17) is 17.3 Å². The molecule has 1 atom stereocenters. The maximum absolute atomic E-state index is 14.2. The number of nitrogens with two attached hydrogens (primary N) is 1. The number of carbonyl (C=O) groups excluding carboxylic acids is 1. The summed E-state index contributed by atoms with van der Waals surface area (Å²) in [7, 11) is 0. The second-order valence-electron chi connectivity index (χ2n) is 7.93. The van der Waals surface area contributed by atoms with E-state index in [9.17, 15) is 9.90 Å². The molecule has 0 saturated carbocycles. The Hall–Kier alpha value is -2.52. The van der Waals surface area contributed by atoms with E-state index < -0.39 is 11.5 Å². The smallest absolute Gasteiger partial charge is 0.236 e. The third-order valence-corrected chi connectivity index (χ3v) is 6.41. The highest BCUT2D eigenvalue weighted by molar-refractivity contribution is 6.30. The molecule has 4 rings (SSSR count). The van der Waals surface area contributed by atoms with Crippen LogP contribution in [-0.4, -0.2) is 52.2 Å². The van der Waals surface area contributed by atoms with Crippen molar-refractivity contribution in [2.75, 3.05) is 31.1 Å². The fourth-order valence-corrected chi connectivity index (χ4v) is 4.48. The number of hydrogen-bond donors (Lipinski definition) is 4. The predicted molar refractivity (Wildman–Crippen MR) is 121 cm³/mol. The van der Waals surface area contributed by atoms with Gasteiger partial charge in [-0.2, -0.15) is 0 Å². The zero-order valence-corrected chi connectivity index (χ0v) is 18.0. The van der Waals surface area contributed by atoms with Crippen molar-refractivity contribution in [2.45, 2.75) is 25.3 Å². The molecule has 8 nitrogen and oxygen atoms in total. The summed E-state index contributed by atoms with van der Waals surface area (Å²) in [6, 6.07) is 8.78. The van der Waals surface area contributed by atoms with Crippen LogP contribution in [0.15, 0.2) is 42.9 Å². The lowest BCUT2D eigenvalue weighted by Gasteiger charge is -2.42. The number of H-pyrrole nitrogens is 1. The lowest BCUT2D eigenvalue weighted by atomic mass is 9.77. The number of hydrogen-bond acceptors (Lipinski definition) is 6. The molecule has 1 fully saturated rings. The van der Waals surface area contributed by atoms with E-state index in [0.29, 0.717) is 35.8 Å². The first-order chi connectivity index (χ1) is 15.1. The second kappa shape index (κ2) is 9.32. The van der Waals surface area contributed by atoms with Crippen LogP contribution >= 0.6 is 11.6 Å². The minimum atomic E-state index is -0.695. The topological polar surface area (TPSA) is 120 Å². The third kappa shape index (κ3) is 4.16. The van der Waals surface area contributed by atoms with Crippen molar-refractivity contribution in [1.82, 2.24) is 20.3 Å². The Morgan fingerprint density at radius 3 is 2.65 bits per heavy atom. The summed E-state index contributed by atoms with van der Waals surface area (Å²) in [5.74, 6) is 0.433. The zero-order valence-electron chi connectivity index (χ0n) is 17.2. The summed E-state index contributed by atoms with van der Waals surface area (Å²) in [5.41, 5.74) is 7.02. The number of fused-ring (bicyclic) bond motifs is 1. The van der Waals surface area contributed by atoms with Gasteiger partial charge in [0.2, 0.25) is 5.91 Å². The molecule has 0 spiro atoms. The van der Waals surface area contributed by atoms with E-state index in [0.717, 1.165) is 24.0 Å². The molecule has 0 bridgehead atoms. The number of amides is 1. The second-order valence-corrected chi connectivity index (χ2v) is 8.36. The number of aromatic nitrogens is 3. The first-order valence-electron chi connectivity index (χ1n) is 10.5. The molecule has 3 aromatic rings. The van der Waals surface area contributed by atoms with E-state index in [-0.39, 0.29) is 19.1 Å². The maximum Gasteiger partial charge on any atom is 0.236 e. The Balaban J connectivity index is 1.88. The molecule has 31 heavy (non-hydrogen) atoms. The summed E-state index contributed by atoms with van der Waals surface area (Å²) in [6.07, 6.45) is 4.86. The van der Waals surface area contributed by atoms with E-state index in [1.165, 1.54) is 6.33 Å². The quantitative estimate of drug-likeness (QED) is 0.446. The number of nitrogens with zero attached hydrogens (tertiary/aromatic N) is 3. The minimum Gasteiger partial charge on any atom is -0.396 e. The number of rotatable bonds is 7. The lowest BCUT2D eigenvalue weighted by Crippen LogP contribution is -2.54. The first kappa shape index (κ1) is 21.7. The Morgan fingerprint density at radius 1 is 1.23 bits per heavy atom. The van der Waals surface area contributed by atoms with Gasteiger partial charge in [0.15, 0.2) is 0 Å². The minimum absolute atomic E-state index is 0.0777. The highest BCUT2D eigenvalue weighted by atomic mass is 35.5. The van der Waals surface area contributed by atoms with Crippen molar-refractivity contribution in [3.63, 3.8) is 0 Å². The van der Waals surface area contributed by atoms with Crippen LogP contribution in [0.3, 0.4) is 0 Å². The van der Waals surface area contributed by atoms with Gasteiger partial charge < -0.3 is 21.1 Å². The Labute approximate surface area is 185 Å². The van der Waals surface area contributed by atoms with E-state index in [1.54, 1.807) is 23.2 Å². The number of carbonyl (C=O) groups is 1. The Morgan fingerprint density at radius 2 is 1.97 bits per heavy atom. The van der Waals surface area contributed by atoms with E-state index in [1.807, 2.05) is 18.2 Å². The zero-order chi connectivity index (χ0) is 21.8. The molecule has 1 saturated heterocycles. The van der Waals surface area contributed by atoms with Gasteiger partial charge in [0.05, 0.1) is 16.8 Å². The average Bonchev–Trinajstić information content (AvgIpc) is 3.29. The summed E-state index contributed by atoms with van der Waals surface area (Å²) in [5, 5.41) is 14.6. The Bertz CT molecular complexity index is 1030. The standard InChI is InChI=1S/C22H27ClN6O2/c23-16-3-1-15(2-4-16)18(6-12-30)29(20-17-5-9-26-19(17)27-14-28-20)21(31)22(13-24)7-10-25-11-8-22/h1-5,9,14,18,25,30H,6-8,10-13,24H2,(H,26,27,28)/t18-/m0/s1. The Kier molecular flexibility index (Phi) is 6.52. The molecule has 5 N–H and O–H groups in total. The number of piperidine rings is 1. The van der Waals surface area contributed by atoms with Gasteiger partial charge in [-0.25, -0.2) is 9.97 Å². The van der Waals surface area contributed by atoms with Crippen molar-refractivity contribution in [3.8, 4) is 0 Å². The van der Waals surface area contributed by atoms with Gasteiger partial charge >= 0.3 is 0 Å². The highest BCUT2D eigenvalue weighted by Crippen LogP contribution is 2.39. The van der Waals surface area contributed by atoms with E-state index in [2.05, 4.69) is 20.3 Å². The highest BCUT2D eigenvalue weighted by Gasteiger charge is 2.44. The summed E-state index contributed by atoms with van der Waals surface area (Å²) in [4.78, 5) is 27.8. The van der Waals surface area contributed by atoms with Crippen LogP contribution in [0.1, 0.15) is 30.9 Å². The SMILES string of the molecule is NCC1(C(=O)N(c2ncnc3[nH]ccc23)[C@@H](CCO)c2ccc(Cl)cc2)CCNCC1. The first-order valence-corrected chi connectivity index (χ1v) is 10.9. The number of aliphatic hydroxyl groups is 1. The molecule has 1 amide bonds. The molecule has 0 unspecified atom stereocenters. The van der Waals surface area contributed by atoms with Gasteiger partial charge in [-0.05, 0) is 56.1 Å². The molecular formula is C22H27ClN6O2. The maximum atomic E-state index is 14.2. The number of benzene rings is 1. The number of aliphatic hydroxyl groups excluding tert-OH is 1.